The molecule has 0 aromatic heterocycles. The third-order valence-electron chi connectivity index (χ3n) is 3.64. The molecule has 0 heterocycles. The summed E-state index contributed by atoms with van der Waals surface area (Å²) in [4.78, 5) is 19.9. The van der Waals surface area contributed by atoms with Crippen LogP contribution in [0.25, 0.3) is 0 Å². The van der Waals surface area contributed by atoms with Crippen LogP contribution in [0.5, 0.6) is 5.75 Å². The fourth-order valence-corrected chi connectivity index (χ4v) is 2.13. The van der Waals surface area contributed by atoms with Gasteiger partial charge in [-0.15, -0.1) is 0 Å². The largest absolute Gasteiger partial charge is 0.507 e. The number of hydrogen-bond donors (Lipinski definition) is 2. The number of aldehydes is 1. The van der Waals surface area contributed by atoms with Crippen LogP contribution in [-0.2, 0) is 26.8 Å². The first-order valence-corrected chi connectivity index (χ1v) is 8.36. The Morgan fingerprint density at radius 2 is 1.58 bits per heavy atom. The molecule has 0 saturated heterocycles. The summed E-state index contributed by atoms with van der Waals surface area (Å²) in [6, 6.07) is 3.98. The summed E-state index contributed by atoms with van der Waals surface area (Å²) in [7, 11) is 0. The molecule has 0 spiro atoms. The number of aromatic hydroxyl groups is 1. The molecule has 4 heteroatoms. The molecule has 4 nitrogen and oxygen atoms in total. The number of aliphatic carboxylic acids is 1. The minimum atomic E-state index is -0.845. The van der Waals surface area contributed by atoms with Crippen molar-refractivity contribution in [3.63, 3.8) is 0 Å². The van der Waals surface area contributed by atoms with Crippen molar-refractivity contribution < 1.29 is 19.8 Å². The van der Waals surface area contributed by atoms with E-state index in [4.69, 9.17) is 5.11 Å². The second kappa shape index (κ2) is 8.86. The molecule has 1 rings (SSSR count). The molecule has 0 bridgehead atoms. The standard InChI is InChI=1S/C17H26O3.C3H6O/c1-16(2,3)12-9-11(7-8-14(18)19)15(20)13(10-12)17(4,5)6;1-2-3-4/h9-10,20H,7-8H2,1-6H3,(H,18,19);3H,2H2,1H3. The van der Waals surface area contributed by atoms with Gasteiger partial charge in [-0.2, -0.15) is 0 Å². The van der Waals surface area contributed by atoms with E-state index in [1.165, 1.54) is 0 Å². The predicted octanol–water partition coefficient (Wildman–Crippen LogP) is 4.60. The quantitative estimate of drug-likeness (QED) is 0.788. The summed E-state index contributed by atoms with van der Waals surface area (Å²) in [6.45, 7) is 14.3. The van der Waals surface area contributed by atoms with Gasteiger partial charge in [0.1, 0.15) is 12.0 Å². The van der Waals surface area contributed by atoms with Gasteiger partial charge in [0, 0.05) is 12.8 Å². The normalized spacial score (nSPS) is 11.5. The van der Waals surface area contributed by atoms with Crippen molar-refractivity contribution >= 4 is 12.3 Å². The third-order valence-corrected chi connectivity index (χ3v) is 3.64. The summed E-state index contributed by atoms with van der Waals surface area (Å²) in [5.41, 5.74) is 2.52. The van der Waals surface area contributed by atoms with Crippen molar-refractivity contribution in [3.8, 4) is 5.75 Å². The first-order chi connectivity index (χ1) is 10.8. The Balaban J connectivity index is 0.00000118. The van der Waals surface area contributed by atoms with Gasteiger partial charge in [0.2, 0.25) is 0 Å². The predicted molar refractivity (Wildman–Crippen MR) is 97.8 cm³/mol. The molecule has 0 aliphatic carbocycles. The molecule has 1 aromatic carbocycles. The number of carboxylic acid groups (broad SMARTS) is 1. The Labute approximate surface area is 145 Å². The van der Waals surface area contributed by atoms with Crippen molar-refractivity contribution in [1.82, 2.24) is 0 Å². The van der Waals surface area contributed by atoms with E-state index < -0.39 is 5.97 Å². The van der Waals surface area contributed by atoms with E-state index >= 15 is 0 Å². The van der Waals surface area contributed by atoms with Crippen LogP contribution < -0.4 is 0 Å². The molecule has 24 heavy (non-hydrogen) atoms. The van der Waals surface area contributed by atoms with Gasteiger partial charge in [-0.25, -0.2) is 0 Å². The highest BCUT2D eigenvalue weighted by Crippen LogP contribution is 2.38. The van der Waals surface area contributed by atoms with Gasteiger partial charge in [0.25, 0.3) is 0 Å². The van der Waals surface area contributed by atoms with Gasteiger partial charge < -0.3 is 15.0 Å². The monoisotopic (exact) mass is 336 g/mol. The second-order valence-electron chi connectivity index (χ2n) is 8.00. The van der Waals surface area contributed by atoms with Crippen LogP contribution in [0.15, 0.2) is 12.1 Å². The van der Waals surface area contributed by atoms with Gasteiger partial charge >= 0.3 is 5.97 Å². The van der Waals surface area contributed by atoms with Gasteiger partial charge in [-0.05, 0) is 33.9 Å². The smallest absolute Gasteiger partial charge is 0.303 e. The lowest BCUT2D eigenvalue weighted by Crippen LogP contribution is -2.17. The molecule has 0 amide bonds. The Bertz CT molecular complexity index is 560. The molecule has 0 aliphatic heterocycles. The molecule has 0 unspecified atom stereocenters. The number of carbonyl (C=O) groups excluding carboxylic acids is 1. The summed E-state index contributed by atoms with van der Waals surface area (Å²) in [5, 5.41) is 19.3. The number of hydrogen-bond acceptors (Lipinski definition) is 3. The number of rotatable bonds is 4. The summed E-state index contributed by atoms with van der Waals surface area (Å²) in [6.07, 6.45) is 1.90. The van der Waals surface area contributed by atoms with E-state index in [1.807, 2.05) is 19.1 Å². The number of carbonyl (C=O) groups is 2. The fraction of sp³-hybridized carbons (Fsp3) is 0.600. The minimum absolute atomic E-state index is 0.0325. The van der Waals surface area contributed by atoms with Crippen molar-refractivity contribution in [3.05, 3.63) is 28.8 Å². The summed E-state index contributed by atoms with van der Waals surface area (Å²) in [5.74, 6) is -0.602. The zero-order valence-corrected chi connectivity index (χ0v) is 16.1. The molecule has 1 aromatic rings. The van der Waals surface area contributed by atoms with E-state index in [-0.39, 0.29) is 23.0 Å². The molecule has 0 saturated carbocycles. The number of benzene rings is 1. The Hall–Kier alpha value is -1.84. The minimum Gasteiger partial charge on any atom is -0.507 e. The lowest BCUT2D eigenvalue weighted by atomic mass is 9.78. The zero-order valence-electron chi connectivity index (χ0n) is 16.1. The van der Waals surface area contributed by atoms with E-state index in [1.54, 1.807) is 0 Å². The van der Waals surface area contributed by atoms with Gasteiger partial charge in [-0.3, -0.25) is 4.79 Å². The van der Waals surface area contributed by atoms with Crippen LogP contribution in [-0.4, -0.2) is 22.5 Å². The number of carboxylic acids is 1. The van der Waals surface area contributed by atoms with Crippen LogP contribution >= 0.6 is 0 Å². The van der Waals surface area contributed by atoms with Crippen LogP contribution in [0.3, 0.4) is 0 Å². The average molecular weight is 336 g/mol. The van der Waals surface area contributed by atoms with E-state index in [2.05, 4.69) is 41.5 Å². The first-order valence-electron chi connectivity index (χ1n) is 8.36. The summed E-state index contributed by atoms with van der Waals surface area (Å²) >= 11 is 0. The number of aryl methyl sites for hydroxylation is 1. The lowest BCUT2D eigenvalue weighted by molar-refractivity contribution is -0.136. The highest BCUT2D eigenvalue weighted by atomic mass is 16.4. The molecule has 0 atom stereocenters. The maximum absolute atomic E-state index is 10.8. The Morgan fingerprint density at radius 1 is 1.08 bits per heavy atom. The Morgan fingerprint density at radius 3 is 1.92 bits per heavy atom. The van der Waals surface area contributed by atoms with Crippen molar-refractivity contribution in [2.45, 2.75) is 78.6 Å². The van der Waals surface area contributed by atoms with Crippen LogP contribution in [0.1, 0.15) is 78.0 Å². The van der Waals surface area contributed by atoms with Crippen LogP contribution in [0, 0.1) is 0 Å². The second-order valence-corrected chi connectivity index (χ2v) is 8.00. The number of phenolic OH excluding ortho intramolecular Hbond substituents is 1. The topological polar surface area (TPSA) is 74.6 Å². The van der Waals surface area contributed by atoms with E-state index in [9.17, 15) is 14.7 Å². The molecule has 136 valence electrons. The average Bonchev–Trinajstić information content (AvgIpc) is 2.43. The van der Waals surface area contributed by atoms with Crippen LogP contribution in [0.2, 0.25) is 0 Å². The highest BCUT2D eigenvalue weighted by molar-refractivity contribution is 5.67. The molecule has 2 N–H and O–H groups in total. The fourth-order valence-electron chi connectivity index (χ4n) is 2.13. The molecular formula is C20H32O4. The van der Waals surface area contributed by atoms with E-state index in [0.717, 1.165) is 23.0 Å². The lowest BCUT2D eigenvalue weighted by Gasteiger charge is -2.27. The zero-order chi connectivity index (χ0) is 19.1. The molecular weight excluding hydrogens is 304 g/mol. The first kappa shape index (κ1) is 22.2. The summed E-state index contributed by atoms with van der Waals surface area (Å²) < 4.78 is 0. The van der Waals surface area contributed by atoms with Gasteiger partial charge in [0.15, 0.2) is 0 Å². The molecule has 0 radical (unpaired) electrons. The van der Waals surface area contributed by atoms with E-state index in [0.29, 0.717) is 12.8 Å². The van der Waals surface area contributed by atoms with Crippen LogP contribution in [0.4, 0.5) is 0 Å². The Kier molecular flexibility index (Phi) is 8.18. The van der Waals surface area contributed by atoms with Crippen molar-refractivity contribution in [2.24, 2.45) is 0 Å². The maximum atomic E-state index is 10.8. The van der Waals surface area contributed by atoms with Crippen molar-refractivity contribution in [2.75, 3.05) is 0 Å². The SMILES string of the molecule is CC(C)(C)c1cc(CCC(=O)O)c(O)c(C(C)(C)C)c1.CCC=O. The molecule has 0 fully saturated rings. The van der Waals surface area contributed by atoms with Crippen molar-refractivity contribution in [1.29, 1.82) is 0 Å². The maximum Gasteiger partial charge on any atom is 0.303 e. The van der Waals surface area contributed by atoms with Gasteiger partial charge in [0.05, 0.1) is 0 Å². The molecule has 0 aliphatic rings. The van der Waals surface area contributed by atoms with Gasteiger partial charge in [-0.1, -0.05) is 60.6 Å². The highest BCUT2D eigenvalue weighted by Gasteiger charge is 2.24. The number of phenols is 1. The third kappa shape index (κ3) is 7.16.